The molecule has 18 heavy (non-hydrogen) atoms. The number of nitrogen functional groups attached to an aromatic ring is 1. The topological polar surface area (TPSA) is 102 Å². The van der Waals surface area contributed by atoms with Gasteiger partial charge in [0.1, 0.15) is 18.1 Å². The molecule has 7 heteroatoms. The Morgan fingerprint density at radius 1 is 1.56 bits per heavy atom. The number of hydrogen-bond acceptors (Lipinski definition) is 6. The molecule has 1 heterocycles. The van der Waals surface area contributed by atoms with E-state index in [9.17, 15) is 4.79 Å². The zero-order valence-electron chi connectivity index (χ0n) is 10.4. The van der Waals surface area contributed by atoms with Crippen molar-refractivity contribution < 1.29 is 9.53 Å². The first-order valence-corrected chi connectivity index (χ1v) is 5.83. The molecule has 1 aromatic heterocycles. The standard InChI is InChI=1S/C11H17N5O2/c1-6(10(17)16-7-3-4-7)15-9-8(12)11(18-2)14-5-13-9/h5-7H,3-4,12H2,1-2H3,(H,16,17)(H,13,14,15). The van der Waals surface area contributed by atoms with E-state index in [1.54, 1.807) is 6.92 Å². The lowest BCUT2D eigenvalue weighted by Crippen LogP contribution is -2.39. The molecule has 1 aliphatic rings. The molecule has 0 radical (unpaired) electrons. The molecule has 1 unspecified atom stereocenters. The number of nitrogens with zero attached hydrogens (tertiary/aromatic N) is 2. The summed E-state index contributed by atoms with van der Waals surface area (Å²) >= 11 is 0. The molecule has 0 bridgehead atoms. The van der Waals surface area contributed by atoms with Gasteiger partial charge in [-0.25, -0.2) is 4.98 Å². The first-order chi connectivity index (χ1) is 8.61. The number of nitrogens with one attached hydrogen (secondary N) is 2. The molecule has 4 N–H and O–H groups in total. The third kappa shape index (κ3) is 2.79. The van der Waals surface area contributed by atoms with Crippen molar-refractivity contribution in [3.63, 3.8) is 0 Å². The predicted molar refractivity (Wildman–Crippen MR) is 67.2 cm³/mol. The third-order valence-corrected chi connectivity index (χ3v) is 2.71. The second-order valence-electron chi connectivity index (χ2n) is 4.29. The van der Waals surface area contributed by atoms with Crippen molar-refractivity contribution in [3.8, 4) is 5.88 Å². The van der Waals surface area contributed by atoms with Crippen molar-refractivity contribution in [3.05, 3.63) is 6.33 Å². The molecular weight excluding hydrogens is 234 g/mol. The molecule has 0 aromatic carbocycles. The Bertz CT molecular complexity index is 447. The molecular formula is C11H17N5O2. The molecule has 1 aromatic rings. The maximum atomic E-state index is 11.8. The van der Waals surface area contributed by atoms with Crippen LogP contribution in [0, 0.1) is 0 Å². The molecule has 1 saturated carbocycles. The number of nitrogens with two attached hydrogens (primary N) is 1. The first-order valence-electron chi connectivity index (χ1n) is 5.83. The van der Waals surface area contributed by atoms with Crippen molar-refractivity contribution >= 4 is 17.4 Å². The summed E-state index contributed by atoms with van der Waals surface area (Å²) in [5, 5.41) is 5.85. The van der Waals surface area contributed by atoms with Crippen LogP contribution in [0.15, 0.2) is 6.33 Å². The molecule has 0 aliphatic heterocycles. The van der Waals surface area contributed by atoms with Gasteiger partial charge in [-0.3, -0.25) is 4.79 Å². The molecule has 1 fully saturated rings. The quantitative estimate of drug-likeness (QED) is 0.688. The average molecular weight is 251 g/mol. The Morgan fingerprint density at radius 2 is 2.28 bits per heavy atom. The molecule has 98 valence electrons. The maximum Gasteiger partial charge on any atom is 0.242 e. The van der Waals surface area contributed by atoms with Gasteiger partial charge in [0, 0.05) is 6.04 Å². The van der Waals surface area contributed by atoms with Crippen molar-refractivity contribution in [2.75, 3.05) is 18.2 Å². The lowest BCUT2D eigenvalue weighted by molar-refractivity contribution is -0.121. The van der Waals surface area contributed by atoms with Crippen LogP contribution in [0.3, 0.4) is 0 Å². The number of amides is 1. The third-order valence-electron chi connectivity index (χ3n) is 2.71. The van der Waals surface area contributed by atoms with Crippen LogP contribution in [0.5, 0.6) is 5.88 Å². The van der Waals surface area contributed by atoms with E-state index in [4.69, 9.17) is 10.5 Å². The van der Waals surface area contributed by atoms with E-state index >= 15 is 0 Å². The number of anilines is 2. The predicted octanol–water partition coefficient (Wildman–Crippen LogP) is 0.146. The van der Waals surface area contributed by atoms with E-state index in [0.717, 1.165) is 12.8 Å². The van der Waals surface area contributed by atoms with Crippen molar-refractivity contribution in [1.82, 2.24) is 15.3 Å². The monoisotopic (exact) mass is 251 g/mol. The van der Waals surface area contributed by atoms with Gasteiger partial charge < -0.3 is 21.1 Å². The summed E-state index contributed by atoms with van der Waals surface area (Å²) in [6.07, 6.45) is 3.45. The Morgan fingerprint density at radius 3 is 2.89 bits per heavy atom. The average Bonchev–Trinajstić information content (AvgIpc) is 3.15. The fourth-order valence-corrected chi connectivity index (χ4v) is 1.48. The van der Waals surface area contributed by atoms with Crippen LogP contribution in [0.25, 0.3) is 0 Å². The summed E-state index contributed by atoms with van der Waals surface area (Å²) in [6, 6.07) is -0.0773. The van der Waals surface area contributed by atoms with Crippen LogP contribution in [0.1, 0.15) is 19.8 Å². The Balaban J connectivity index is 2.01. The van der Waals surface area contributed by atoms with Gasteiger partial charge in [0.2, 0.25) is 11.8 Å². The highest BCUT2D eigenvalue weighted by molar-refractivity contribution is 5.85. The minimum absolute atomic E-state index is 0.0607. The van der Waals surface area contributed by atoms with E-state index in [1.165, 1.54) is 13.4 Å². The highest BCUT2D eigenvalue weighted by Gasteiger charge is 2.26. The highest BCUT2D eigenvalue weighted by atomic mass is 16.5. The summed E-state index contributed by atoms with van der Waals surface area (Å²) in [5.41, 5.74) is 6.11. The number of carbonyl (C=O) groups excluding carboxylic acids is 1. The van der Waals surface area contributed by atoms with Crippen molar-refractivity contribution in [2.24, 2.45) is 0 Å². The van der Waals surface area contributed by atoms with E-state index in [1.807, 2.05) is 0 Å². The Labute approximate surface area is 105 Å². The minimum Gasteiger partial charge on any atom is -0.479 e. The zero-order valence-corrected chi connectivity index (χ0v) is 10.4. The van der Waals surface area contributed by atoms with Crippen molar-refractivity contribution in [1.29, 1.82) is 0 Å². The lowest BCUT2D eigenvalue weighted by Gasteiger charge is -2.16. The van der Waals surface area contributed by atoms with Crippen LogP contribution in [-0.4, -0.2) is 35.1 Å². The number of hydrogen-bond donors (Lipinski definition) is 3. The Kier molecular flexibility index (Phi) is 3.50. The van der Waals surface area contributed by atoms with Crippen LogP contribution < -0.4 is 21.1 Å². The molecule has 1 atom stereocenters. The molecule has 2 rings (SSSR count). The SMILES string of the molecule is COc1ncnc(NC(C)C(=O)NC2CC2)c1N. The van der Waals surface area contributed by atoms with Crippen LogP contribution in [-0.2, 0) is 4.79 Å². The molecule has 1 aliphatic carbocycles. The van der Waals surface area contributed by atoms with E-state index in [2.05, 4.69) is 20.6 Å². The molecule has 0 saturated heterocycles. The van der Waals surface area contributed by atoms with Crippen molar-refractivity contribution in [2.45, 2.75) is 31.8 Å². The number of methoxy groups -OCH3 is 1. The van der Waals surface area contributed by atoms with Gasteiger partial charge in [-0.05, 0) is 19.8 Å². The molecule has 1 amide bonds. The van der Waals surface area contributed by atoms with E-state index < -0.39 is 6.04 Å². The van der Waals surface area contributed by atoms with E-state index in [-0.39, 0.29) is 5.91 Å². The second kappa shape index (κ2) is 5.07. The number of aromatic nitrogens is 2. The Hall–Kier alpha value is -2.05. The molecule has 7 nitrogen and oxygen atoms in total. The second-order valence-corrected chi connectivity index (χ2v) is 4.29. The minimum atomic E-state index is -0.410. The van der Waals surface area contributed by atoms with Gasteiger partial charge in [0.15, 0.2) is 5.82 Å². The van der Waals surface area contributed by atoms with E-state index in [0.29, 0.717) is 23.4 Å². The largest absolute Gasteiger partial charge is 0.479 e. The number of rotatable bonds is 5. The lowest BCUT2D eigenvalue weighted by atomic mass is 10.3. The number of ether oxygens (including phenoxy) is 1. The fourth-order valence-electron chi connectivity index (χ4n) is 1.48. The molecule has 0 spiro atoms. The van der Waals surface area contributed by atoms with Crippen LogP contribution in [0.4, 0.5) is 11.5 Å². The highest BCUT2D eigenvalue weighted by Crippen LogP contribution is 2.24. The smallest absolute Gasteiger partial charge is 0.242 e. The maximum absolute atomic E-state index is 11.8. The van der Waals surface area contributed by atoms with Gasteiger partial charge in [-0.1, -0.05) is 0 Å². The summed E-state index contributed by atoms with van der Waals surface area (Å²) in [7, 11) is 1.48. The van der Waals surface area contributed by atoms with Gasteiger partial charge in [-0.2, -0.15) is 4.98 Å². The summed E-state index contributed by atoms with van der Waals surface area (Å²) in [6.45, 7) is 1.76. The van der Waals surface area contributed by atoms with Gasteiger partial charge in [-0.15, -0.1) is 0 Å². The van der Waals surface area contributed by atoms with Crippen LogP contribution in [0.2, 0.25) is 0 Å². The van der Waals surface area contributed by atoms with Gasteiger partial charge in [0.05, 0.1) is 7.11 Å². The summed E-state index contributed by atoms with van der Waals surface area (Å²) in [5.74, 6) is 0.636. The normalized spacial score (nSPS) is 15.9. The fraction of sp³-hybridized carbons (Fsp3) is 0.545. The summed E-state index contributed by atoms with van der Waals surface area (Å²) < 4.78 is 4.99. The zero-order chi connectivity index (χ0) is 13.1. The van der Waals surface area contributed by atoms with Crippen LogP contribution >= 0.6 is 0 Å². The number of carbonyl (C=O) groups is 1. The van der Waals surface area contributed by atoms with Gasteiger partial charge >= 0.3 is 0 Å². The first kappa shape index (κ1) is 12.4. The van der Waals surface area contributed by atoms with Gasteiger partial charge in [0.25, 0.3) is 0 Å². The summed E-state index contributed by atoms with van der Waals surface area (Å²) in [4.78, 5) is 19.6.